The number of guanidine groups is 1. The Balaban J connectivity index is 0.00000363. The zero-order chi connectivity index (χ0) is 22.1. The predicted molar refractivity (Wildman–Crippen MR) is 142 cm³/mol. The molecule has 2 N–H and O–H groups in total. The monoisotopic (exact) mass is 554 g/mol. The van der Waals surface area contributed by atoms with Crippen molar-refractivity contribution in [1.82, 2.24) is 25.3 Å². The van der Waals surface area contributed by atoms with Crippen molar-refractivity contribution in [2.45, 2.75) is 52.6 Å². The number of benzene rings is 1. The summed E-state index contributed by atoms with van der Waals surface area (Å²) < 4.78 is 7.19. The fourth-order valence-electron chi connectivity index (χ4n) is 4.13. The van der Waals surface area contributed by atoms with Crippen LogP contribution in [-0.2, 0) is 11.3 Å². The molecule has 0 amide bonds. The number of hydrogen-bond donors (Lipinski definition) is 2. The number of aliphatic imine (C=N–C) groups is 1. The number of nitrogens with one attached hydrogen (secondary N) is 2. The van der Waals surface area contributed by atoms with Gasteiger partial charge in [0.15, 0.2) is 5.96 Å². The number of ether oxygens (including phenoxy) is 1. The molecule has 1 aliphatic heterocycles. The minimum absolute atomic E-state index is 0. The van der Waals surface area contributed by atoms with Gasteiger partial charge in [0.1, 0.15) is 0 Å². The smallest absolute Gasteiger partial charge is 0.191 e. The molecule has 1 aromatic carbocycles. The lowest BCUT2D eigenvalue weighted by Gasteiger charge is -2.33. The van der Waals surface area contributed by atoms with E-state index in [0.29, 0.717) is 12.6 Å². The van der Waals surface area contributed by atoms with E-state index in [2.05, 4.69) is 64.8 Å². The first-order valence-electron chi connectivity index (χ1n) is 11.5. The summed E-state index contributed by atoms with van der Waals surface area (Å²) in [7, 11) is 1.77. The molecular weight excluding hydrogens is 515 g/mol. The Morgan fingerprint density at radius 2 is 1.97 bits per heavy atom. The van der Waals surface area contributed by atoms with E-state index in [1.807, 2.05) is 11.6 Å². The van der Waals surface area contributed by atoms with E-state index < -0.39 is 0 Å². The molecule has 178 valence electrons. The van der Waals surface area contributed by atoms with Crippen LogP contribution in [0.3, 0.4) is 0 Å². The van der Waals surface area contributed by atoms with Crippen LogP contribution in [-0.4, -0.2) is 66.6 Å². The van der Waals surface area contributed by atoms with Crippen molar-refractivity contribution in [2.75, 3.05) is 39.9 Å². The van der Waals surface area contributed by atoms with E-state index in [0.717, 1.165) is 75.1 Å². The molecule has 1 saturated heterocycles. The lowest BCUT2D eigenvalue weighted by molar-refractivity contribution is 0.155. The molecule has 8 heteroatoms. The van der Waals surface area contributed by atoms with Crippen LogP contribution in [0, 0.1) is 13.8 Å². The molecule has 0 unspecified atom stereocenters. The largest absolute Gasteiger partial charge is 0.385 e. The highest BCUT2D eigenvalue weighted by atomic mass is 127. The number of aromatic nitrogens is 2. The van der Waals surface area contributed by atoms with Crippen LogP contribution in [0.1, 0.15) is 43.1 Å². The quantitative estimate of drug-likeness (QED) is 0.215. The van der Waals surface area contributed by atoms with Gasteiger partial charge in [-0.1, -0.05) is 18.2 Å². The number of halogens is 1. The van der Waals surface area contributed by atoms with Crippen LogP contribution >= 0.6 is 24.0 Å². The molecule has 1 aromatic heterocycles. The molecule has 0 spiro atoms. The first-order valence-corrected chi connectivity index (χ1v) is 11.5. The highest BCUT2D eigenvalue weighted by molar-refractivity contribution is 14.0. The van der Waals surface area contributed by atoms with Crippen molar-refractivity contribution >= 4 is 29.9 Å². The summed E-state index contributed by atoms with van der Waals surface area (Å²) in [6.45, 7) is 11.9. The zero-order valence-corrected chi connectivity index (χ0v) is 22.3. The van der Waals surface area contributed by atoms with Gasteiger partial charge in [0, 0.05) is 51.6 Å². The second-order valence-electron chi connectivity index (χ2n) is 8.27. The average molecular weight is 555 g/mol. The lowest BCUT2D eigenvalue weighted by atomic mass is 10.1. The molecule has 0 bridgehead atoms. The normalized spacial score (nSPS) is 15.4. The molecular formula is C24H39IN6O. The third kappa shape index (κ3) is 7.74. The van der Waals surface area contributed by atoms with E-state index in [-0.39, 0.29) is 24.0 Å². The van der Waals surface area contributed by atoms with E-state index in [9.17, 15) is 0 Å². The van der Waals surface area contributed by atoms with Gasteiger partial charge in [-0.25, -0.2) is 9.67 Å². The van der Waals surface area contributed by atoms with E-state index in [1.165, 1.54) is 5.56 Å². The Bertz CT molecular complexity index is 845. The minimum atomic E-state index is 0. The molecule has 0 atom stereocenters. The number of nitrogens with zero attached hydrogens (tertiary/aromatic N) is 4. The summed E-state index contributed by atoms with van der Waals surface area (Å²) in [6, 6.07) is 10.9. The molecule has 0 aliphatic carbocycles. The van der Waals surface area contributed by atoms with Crippen LogP contribution in [0.25, 0.3) is 5.69 Å². The van der Waals surface area contributed by atoms with Gasteiger partial charge in [-0.05, 0) is 57.7 Å². The van der Waals surface area contributed by atoms with Gasteiger partial charge in [0.25, 0.3) is 0 Å². The van der Waals surface area contributed by atoms with Crippen molar-refractivity contribution in [3.05, 3.63) is 47.3 Å². The van der Waals surface area contributed by atoms with E-state index in [4.69, 9.17) is 9.73 Å². The molecule has 1 fully saturated rings. The predicted octanol–water partition coefficient (Wildman–Crippen LogP) is 3.66. The van der Waals surface area contributed by atoms with E-state index >= 15 is 0 Å². The number of rotatable bonds is 9. The van der Waals surface area contributed by atoms with E-state index in [1.54, 1.807) is 7.11 Å². The molecule has 1 aliphatic rings. The number of methoxy groups -OCH3 is 1. The van der Waals surface area contributed by atoms with Crippen molar-refractivity contribution in [3.8, 4) is 5.69 Å². The maximum Gasteiger partial charge on any atom is 0.191 e. The van der Waals surface area contributed by atoms with Gasteiger partial charge in [0.2, 0.25) is 0 Å². The lowest BCUT2D eigenvalue weighted by Crippen LogP contribution is -2.48. The highest BCUT2D eigenvalue weighted by Crippen LogP contribution is 2.18. The fourth-order valence-corrected chi connectivity index (χ4v) is 4.13. The van der Waals surface area contributed by atoms with Crippen molar-refractivity contribution in [3.63, 3.8) is 0 Å². The topological polar surface area (TPSA) is 66.7 Å². The number of para-hydroxylation sites is 1. The number of piperidine rings is 1. The van der Waals surface area contributed by atoms with Crippen molar-refractivity contribution < 1.29 is 4.74 Å². The van der Waals surface area contributed by atoms with Gasteiger partial charge >= 0.3 is 0 Å². The molecule has 32 heavy (non-hydrogen) atoms. The number of aryl methyl sites for hydroxylation is 2. The number of hydrogen-bond acceptors (Lipinski definition) is 4. The number of likely N-dealkylation sites (tertiary alicyclic amines) is 1. The fraction of sp³-hybridized carbons (Fsp3) is 0.583. The Kier molecular flexibility index (Phi) is 11.5. The Morgan fingerprint density at radius 3 is 2.62 bits per heavy atom. The summed E-state index contributed by atoms with van der Waals surface area (Å²) in [5, 5.41) is 11.7. The molecule has 3 rings (SSSR count). The zero-order valence-electron chi connectivity index (χ0n) is 19.9. The molecule has 2 aromatic rings. The second-order valence-corrected chi connectivity index (χ2v) is 8.27. The molecule has 2 heterocycles. The van der Waals surface area contributed by atoms with Gasteiger partial charge in [0.05, 0.1) is 17.9 Å². The maximum atomic E-state index is 5.17. The molecule has 0 saturated carbocycles. The summed E-state index contributed by atoms with van der Waals surface area (Å²) in [6.07, 6.45) is 3.38. The third-order valence-corrected chi connectivity index (χ3v) is 5.73. The maximum absolute atomic E-state index is 5.17. The van der Waals surface area contributed by atoms with Crippen LogP contribution in [0.4, 0.5) is 0 Å². The van der Waals surface area contributed by atoms with Crippen LogP contribution in [0.15, 0.2) is 35.3 Å². The summed E-state index contributed by atoms with van der Waals surface area (Å²) in [5.74, 6) is 0.892. The first-order chi connectivity index (χ1) is 15.1. The summed E-state index contributed by atoms with van der Waals surface area (Å²) in [5.41, 5.74) is 4.42. The third-order valence-electron chi connectivity index (χ3n) is 5.73. The van der Waals surface area contributed by atoms with Crippen molar-refractivity contribution in [1.29, 1.82) is 0 Å². The van der Waals surface area contributed by atoms with Gasteiger partial charge in [-0.3, -0.25) is 0 Å². The van der Waals surface area contributed by atoms with Crippen LogP contribution in [0.2, 0.25) is 0 Å². The van der Waals surface area contributed by atoms with Gasteiger partial charge in [-0.15, -0.1) is 24.0 Å². The van der Waals surface area contributed by atoms with Crippen LogP contribution in [0.5, 0.6) is 0 Å². The Labute approximate surface area is 210 Å². The summed E-state index contributed by atoms with van der Waals surface area (Å²) >= 11 is 0. The Hall–Kier alpha value is -1.65. The first kappa shape index (κ1) is 26.6. The van der Waals surface area contributed by atoms with Crippen molar-refractivity contribution in [2.24, 2.45) is 4.99 Å². The Morgan fingerprint density at radius 1 is 1.22 bits per heavy atom. The van der Waals surface area contributed by atoms with Crippen LogP contribution < -0.4 is 10.6 Å². The van der Waals surface area contributed by atoms with Gasteiger partial charge < -0.3 is 20.3 Å². The minimum Gasteiger partial charge on any atom is -0.385 e. The van der Waals surface area contributed by atoms with Gasteiger partial charge in [-0.2, -0.15) is 5.10 Å². The molecule has 0 radical (unpaired) electrons. The highest BCUT2D eigenvalue weighted by Gasteiger charge is 2.19. The SMILES string of the molecule is CCNC(=NCc1ccccc1-n1nc(C)cc1C)NC1CCN(CCCOC)CC1.I. The standard InChI is InChI=1S/C24H38N6O.HI/c1-5-25-24(27-22-11-14-29(15-12-22)13-8-16-31-4)26-18-21-9-6-7-10-23(21)30-20(3)17-19(2)28-30;/h6-7,9-10,17,22H,5,8,11-16,18H2,1-4H3,(H2,25,26,27);1H. The summed E-state index contributed by atoms with van der Waals surface area (Å²) in [4.78, 5) is 7.44. The second kappa shape index (κ2) is 13.8. The average Bonchev–Trinajstić information content (AvgIpc) is 3.11. The molecule has 7 nitrogen and oxygen atoms in total.